The Bertz CT molecular complexity index is 431. The molecule has 0 saturated heterocycles. The average Bonchev–Trinajstić information content (AvgIpc) is 2.89. The smallest absolute Gasteiger partial charge is 0.268 e. The molecule has 1 amide bonds. The predicted octanol–water partition coefficient (Wildman–Crippen LogP) is 0.993. The molecule has 1 aromatic rings. The molecule has 1 spiro atoms. The van der Waals surface area contributed by atoms with E-state index in [1.807, 2.05) is 0 Å². The van der Waals surface area contributed by atoms with Crippen LogP contribution < -0.4 is 10.1 Å². The SMILES string of the molecule is O=C1Nc2cc(Cl)nnc2OC12CC2. The standard InChI is InChI=1S/C8H6ClN3O2/c9-5-3-4-6(12-11-5)14-8(1-2-8)7(13)10-4/h3H,1-2H2,(H,10,13). The van der Waals surface area contributed by atoms with Gasteiger partial charge in [-0.15, -0.1) is 10.2 Å². The molecule has 1 aliphatic carbocycles. The number of nitrogens with zero attached hydrogens (tertiary/aromatic N) is 2. The number of ether oxygens (including phenoxy) is 1. The molecule has 72 valence electrons. The lowest BCUT2D eigenvalue weighted by Gasteiger charge is -2.23. The Morgan fingerprint density at radius 3 is 3.00 bits per heavy atom. The Morgan fingerprint density at radius 1 is 1.50 bits per heavy atom. The third kappa shape index (κ3) is 0.988. The van der Waals surface area contributed by atoms with Crippen LogP contribution in [0.3, 0.4) is 0 Å². The fraction of sp³-hybridized carbons (Fsp3) is 0.375. The van der Waals surface area contributed by atoms with Crippen molar-refractivity contribution in [3.05, 3.63) is 11.2 Å². The van der Waals surface area contributed by atoms with Crippen LogP contribution in [-0.2, 0) is 4.79 Å². The summed E-state index contributed by atoms with van der Waals surface area (Å²) in [6.07, 6.45) is 1.48. The van der Waals surface area contributed by atoms with Gasteiger partial charge in [-0.25, -0.2) is 0 Å². The Labute approximate surface area is 84.4 Å². The molecule has 1 N–H and O–H groups in total. The van der Waals surface area contributed by atoms with Crippen molar-refractivity contribution in [3.8, 4) is 5.88 Å². The maximum absolute atomic E-state index is 11.5. The predicted molar refractivity (Wildman–Crippen MR) is 48.3 cm³/mol. The molecule has 5 nitrogen and oxygen atoms in total. The Morgan fingerprint density at radius 2 is 2.29 bits per heavy atom. The second-order valence-corrected chi connectivity index (χ2v) is 3.82. The highest BCUT2D eigenvalue weighted by molar-refractivity contribution is 6.29. The Balaban J connectivity index is 2.06. The van der Waals surface area contributed by atoms with Crippen molar-refractivity contribution in [3.63, 3.8) is 0 Å². The number of fused-ring (bicyclic) bond motifs is 1. The number of hydrogen-bond acceptors (Lipinski definition) is 4. The number of nitrogens with one attached hydrogen (secondary N) is 1. The van der Waals surface area contributed by atoms with Gasteiger partial charge in [0.15, 0.2) is 10.8 Å². The van der Waals surface area contributed by atoms with Crippen LogP contribution in [0.5, 0.6) is 5.88 Å². The van der Waals surface area contributed by atoms with Gasteiger partial charge in [-0.1, -0.05) is 11.6 Å². The number of anilines is 1. The zero-order chi connectivity index (χ0) is 9.76. The van der Waals surface area contributed by atoms with Gasteiger partial charge in [-0.2, -0.15) is 0 Å². The maximum Gasteiger partial charge on any atom is 0.268 e. The largest absolute Gasteiger partial charge is 0.458 e. The minimum absolute atomic E-state index is 0.117. The Hall–Kier alpha value is -1.36. The first-order valence-corrected chi connectivity index (χ1v) is 4.61. The minimum atomic E-state index is -0.671. The summed E-state index contributed by atoms with van der Waals surface area (Å²) >= 11 is 5.63. The molecule has 2 heterocycles. The van der Waals surface area contributed by atoms with Gasteiger partial charge < -0.3 is 10.1 Å². The van der Waals surface area contributed by atoms with Gasteiger partial charge in [0.2, 0.25) is 0 Å². The fourth-order valence-electron chi connectivity index (χ4n) is 1.43. The van der Waals surface area contributed by atoms with Crippen LogP contribution in [-0.4, -0.2) is 21.7 Å². The normalized spacial score (nSPS) is 21.1. The van der Waals surface area contributed by atoms with Crippen LogP contribution in [0.25, 0.3) is 0 Å². The number of hydrogen-bond donors (Lipinski definition) is 1. The summed E-state index contributed by atoms with van der Waals surface area (Å²) in [5.74, 6) is 0.237. The van der Waals surface area contributed by atoms with E-state index in [1.165, 1.54) is 6.07 Å². The van der Waals surface area contributed by atoms with E-state index in [0.29, 0.717) is 11.6 Å². The van der Waals surface area contributed by atoms with Crippen molar-refractivity contribution < 1.29 is 9.53 Å². The van der Waals surface area contributed by atoms with Crippen LogP contribution in [0.15, 0.2) is 6.07 Å². The number of rotatable bonds is 0. The highest BCUT2D eigenvalue weighted by Crippen LogP contribution is 2.45. The third-order valence-electron chi connectivity index (χ3n) is 2.39. The highest BCUT2D eigenvalue weighted by atomic mass is 35.5. The second-order valence-electron chi connectivity index (χ2n) is 3.44. The summed E-state index contributed by atoms with van der Waals surface area (Å²) in [6, 6.07) is 1.52. The van der Waals surface area contributed by atoms with Crippen molar-refractivity contribution in [2.45, 2.75) is 18.4 Å². The van der Waals surface area contributed by atoms with Crippen LogP contribution in [0.2, 0.25) is 5.15 Å². The average molecular weight is 212 g/mol. The summed E-state index contributed by atoms with van der Waals surface area (Å²) in [4.78, 5) is 11.5. The first kappa shape index (κ1) is 7.99. The van der Waals surface area contributed by atoms with Gasteiger partial charge in [0.25, 0.3) is 11.8 Å². The monoisotopic (exact) mass is 211 g/mol. The number of aromatic nitrogens is 2. The number of halogens is 1. The van der Waals surface area contributed by atoms with Crippen molar-refractivity contribution >= 4 is 23.2 Å². The highest BCUT2D eigenvalue weighted by Gasteiger charge is 2.55. The molecule has 0 aromatic carbocycles. The number of amides is 1. The molecule has 6 heteroatoms. The van der Waals surface area contributed by atoms with Crippen molar-refractivity contribution in [1.82, 2.24) is 10.2 Å². The molecule has 2 aliphatic rings. The maximum atomic E-state index is 11.5. The van der Waals surface area contributed by atoms with E-state index in [2.05, 4.69) is 15.5 Å². The molecule has 0 atom stereocenters. The van der Waals surface area contributed by atoms with Crippen LogP contribution in [0.1, 0.15) is 12.8 Å². The van der Waals surface area contributed by atoms with Gasteiger partial charge in [0, 0.05) is 18.9 Å². The lowest BCUT2D eigenvalue weighted by molar-refractivity contribution is -0.125. The van der Waals surface area contributed by atoms with Gasteiger partial charge in [0.05, 0.1) is 0 Å². The van der Waals surface area contributed by atoms with E-state index in [1.54, 1.807) is 0 Å². The summed E-state index contributed by atoms with van der Waals surface area (Å²) in [5.41, 5.74) is -0.178. The van der Waals surface area contributed by atoms with Crippen LogP contribution >= 0.6 is 11.6 Å². The van der Waals surface area contributed by atoms with E-state index < -0.39 is 5.60 Å². The van der Waals surface area contributed by atoms with E-state index in [-0.39, 0.29) is 11.1 Å². The molecule has 3 rings (SSSR count). The molecule has 0 bridgehead atoms. The molecular weight excluding hydrogens is 206 g/mol. The molecule has 1 saturated carbocycles. The summed E-state index contributed by atoms with van der Waals surface area (Å²) < 4.78 is 5.45. The van der Waals surface area contributed by atoms with Gasteiger partial charge in [0.1, 0.15) is 5.69 Å². The topological polar surface area (TPSA) is 64.1 Å². The van der Waals surface area contributed by atoms with Gasteiger partial charge in [-0.3, -0.25) is 4.79 Å². The molecule has 14 heavy (non-hydrogen) atoms. The van der Waals surface area contributed by atoms with Gasteiger partial charge in [-0.05, 0) is 0 Å². The van der Waals surface area contributed by atoms with Crippen molar-refractivity contribution in [2.24, 2.45) is 0 Å². The fourth-order valence-corrected chi connectivity index (χ4v) is 1.58. The number of carbonyl (C=O) groups excluding carboxylic acids is 1. The van der Waals surface area contributed by atoms with Crippen LogP contribution in [0, 0.1) is 0 Å². The van der Waals surface area contributed by atoms with E-state index in [0.717, 1.165) is 12.8 Å². The third-order valence-corrected chi connectivity index (χ3v) is 2.57. The van der Waals surface area contributed by atoms with E-state index in [9.17, 15) is 4.79 Å². The molecular formula is C8H6ClN3O2. The summed E-state index contributed by atoms with van der Waals surface area (Å²) in [6.45, 7) is 0. The second kappa shape index (κ2) is 2.36. The molecule has 0 unspecified atom stereocenters. The first-order valence-electron chi connectivity index (χ1n) is 4.23. The van der Waals surface area contributed by atoms with E-state index in [4.69, 9.17) is 16.3 Å². The molecule has 0 radical (unpaired) electrons. The zero-order valence-electron chi connectivity index (χ0n) is 7.08. The van der Waals surface area contributed by atoms with E-state index >= 15 is 0 Å². The zero-order valence-corrected chi connectivity index (χ0v) is 7.84. The first-order chi connectivity index (χ1) is 6.70. The van der Waals surface area contributed by atoms with Crippen LogP contribution in [0.4, 0.5) is 5.69 Å². The Kier molecular flexibility index (Phi) is 1.35. The van der Waals surface area contributed by atoms with Crippen molar-refractivity contribution in [2.75, 3.05) is 5.32 Å². The minimum Gasteiger partial charge on any atom is -0.458 e. The summed E-state index contributed by atoms with van der Waals surface area (Å²) in [7, 11) is 0. The molecule has 1 aliphatic heterocycles. The lowest BCUT2D eigenvalue weighted by atomic mass is 10.2. The molecule has 1 aromatic heterocycles. The quantitative estimate of drug-likeness (QED) is 0.695. The van der Waals surface area contributed by atoms with Crippen molar-refractivity contribution in [1.29, 1.82) is 0 Å². The number of carbonyl (C=O) groups is 1. The van der Waals surface area contributed by atoms with Gasteiger partial charge >= 0.3 is 0 Å². The summed E-state index contributed by atoms with van der Waals surface area (Å²) in [5, 5.41) is 10.4. The molecule has 1 fully saturated rings. The lowest BCUT2D eigenvalue weighted by Crippen LogP contribution is -2.39.